The van der Waals surface area contributed by atoms with E-state index in [2.05, 4.69) is 29.2 Å². The lowest BCUT2D eigenvalue weighted by Crippen LogP contribution is -3.28. The number of benzene rings is 1. The number of nitrogens with one attached hydrogen (secondary N) is 3. The molecule has 0 spiro atoms. The first-order chi connectivity index (χ1) is 12.9. The van der Waals surface area contributed by atoms with E-state index in [1.54, 1.807) is 28.4 Å². The second-order valence-electron chi connectivity index (χ2n) is 7.48. The molecule has 2 heterocycles. The first-order valence-electron chi connectivity index (χ1n) is 9.71. The molecule has 1 aromatic heterocycles. The Balaban J connectivity index is 1.79. The van der Waals surface area contributed by atoms with E-state index in [0.717, 1.165) is 38.3 Å². The molecule has 3 N–H and O–H groups in total. The fourth-order valence-electron chi connectivity index (χ4n) is 3.96. The van der Waals surface area contributed by atoms with Crippen LogP contribution in [0, 0.1) is 6.92 Å². The summed E-state index contributed by atoms with van der Waals surface area (Å²) in [6.07, 6.45) is 0. The summed E-state index contributed by atoms with van der Waals surface area (Å²) in [7, 11) is -3.53. The SMILES string of the molecule is CC[NH+]1CC[NH+]([C@@H](c2cccs2)[C@H](C)NS(=O)(=O)c2ccc(C)cc2)CC1. The van der Waals surface area contributed by atoms with Crippen molar-refractivity contribution in [2.75, 3.05) is 32.7 Å². The van der Waals surface area contributed by atoms with Gasteiger partial charge in [0.25, 0.3) is 0 Å². The Kier molecular flexibility index (Phi) is 6.70. The monoisotopic (exact) mass is 409 g/mol. The smallest absolute Gasteiger partial charge is 0.241 e. The van der Waals surface area contributed by atoms with Crippen molar-refractivity contribution in [2.45, 2.75) is 37.8 Å². The maximum atomic E-state index is 12.9. The molecule has 148 valence electrons. The topological polar surface area (TPSA) is 55.1 Å². The lowest BCUT2D eigenvalue weighted by atomic mass is 10.1. The Labute approximate surface area is 167 Å². The molecule has 2 aromatic rings. The molecule has 7 heteroatoms. The molecule has 1 fully saturated rings. The van der Waals surface area contributed by atoms with Gasteiger partial charge < -0.3 is 9.80 Å². The normalized spacial score (nSPS) is 23.1. The molecule has 0 radical (unpaired) electrons. The summed E-state index contributed by atoms with van der Waals surface area (Å²) in [6, 6.07) is 11.2. The molecule has 0 saturated carbocycles. The third-order valence-electron chi connectivity index (χ3n) is 5.56. The highest BCUT2D eigenvalue weighted by Crippen LogP contribution is 2.21. The molecule has 27 heavy (non-hydrogen) atoms. The molecule has 5 nitrogen and oxygen atoms in total. The maximum Gasteiger partial charge on any atom is 0.241 e. The van der Waals surface area contributed by atoms with Crippen molar-refractivity contribution in [2.24, 2.45) is 0 Å². The van der Waals surface area contributed by atoms with Crippen LogP contribution >= 0.6 is 11.3 Å². The van der Waals surface area contributed by atoms with Crippen LogP contribution in [0.4, 0.5) is 0 Å². The molecule has 1 saturated heterocycles. The van der Waals surface area contributed by atoms with Gasteiger partial charge in [0, 0.05) is 0 Å². The van der Waals surface area contributed by atoms with Gasteiger partial charge in [0.2, 0.25) is 10.0 Å². The standard InChI is InChI=1S/C20H29N3O2S2/c1-4-22-11-13-23(14-12-22)20(19-6-5-15-26-19)17(3)21-27(24,25)18-9-7-16(2)8-10-18/h5-10,15,17,20-21H,4,11-14H2,1-3H3/p+2/t17-,20+/m0/s1. The van der Waals surface area contributed by atoms with Gasteiger partial charge in [-0.05, 0) is 44.4 Å². The Morgan fingerprint density at radius 2 is 1.78 bits per heavy atom. The summed E-state index contributed by atoms with van der Waals surface area (Å²) in [5.41, 5.74) is 1.05. The first-order valence-corrected chi connectivity index (χ1v) is 12.1. The van der Waals surface area contributed by atoms with Gasteiger partial charge in [0.15, 0.2) is 0 Å². The predicted molar refractivity (Wildman–Crippen MR) is 110 cm³/mol. The van der Waals surface area contributed by atoms with Gasteiger partial charge in [0.1, 0.15) is 32.2 Å². The molecule has 0 amide bonds. The van der Waals surface area contributed by atoms with E-state index in [4.69, 9.17) is 0 Å². The average molecular weight is 410 g/mol. The van der Waals surface area contributed by atoms with E-state index in [9.17, 15) is 8.42 Å². The number of aryl methyl sites for hydroxylation is 1. The molecule has 1 aliphatic rings. The highest BCUT2D eigenvalue weighted by atomic mass is 32.2. The zero-order valence-corrected chi connectivity index (χ0v) is 18.0. The van der Waals surface area contributed by atoms with Crippen LogP contribution < -0.4 is 14.5 Å². The van der Waals surface area contributed by atoms with E-state index >= 15 is 0 Å². The fraction of sp³-hybridized carbons (Fsp3) is 0.500. The summed E-state index contributed by atoms with van der Waals surface area (Å²) in [5, 5.41) is 2.08. The number of sulfonamides is 1. The Morgan fingerprint density at radius 3 is 2.33 bits per heavy atom. The third-order valence-corrected chi connectivity index (χ3v) is 8.09. The molecular weight excluding hydrogens is 378 g/mol. The number of quaternary nitrogens is 2. The maximum absolute atomic E-state index is 12.9. The molecule has 0 bridgehead atoms. The van der Waals surface area contributed by atoms with Crippen LogP contribution in [0.5, 0.6) is 0 Å². The van der Waals surface area contributed by atoms with Gasteiger partial charge >= 0.3 is 0 Å². The Morgan fingerprint density at radius 1 is 1.11 bits per heavy atom. The fourth-order valence-corrected chi connectivity index (χ4v) is 6.20. The van der Waals surface area contributed by atoms with Crippen molar-refractivity contribution in [1.82, 2.24) is 4.72 Å². The molecule has 1 aromatic carbocycles. The quantitative estimate of drug-likeness (QED) is 0.615. The van der Waals surface area contributed by atoms with Crippen LogP contribution in [0.25, 0.3) is 0 Å². The van der Waals surface area contributed by atoms with Crippen LogP contribution in [-0.2, 0) is 10.0 Å². The number of hydrogen-bond donors (Lipinski definition) is 3. The summed E-state index contributed by atoms with van der Waals surface area (Å²) < 4.78 is 28.7. The van der Waals surface area contributed by atoms with Gasteiger partial charge in [-0.1, -0.05) is 23.8 Å². The zero-order valence-electron chi connectivity index (χ0n) is 16.4. The van der Waals surface area contributed by atoms with Crippen LogP contribution in [-0.4, -0.2) is 47.2 Å². The summed E-state index contributed by atoms with van der Waals surface area (Å²) >= 11 is 1.72. The second kappa shape index (κ2) is 8.84. The average Bonchev–Trinajstić information content (AvgIpc) is 3.16. The van der Waals surface area contributed by atoms with Crippen molar-refractivity contribution < 1.29 is 18.2 Å². The number of likely N-dealkylation sites (N-methyl/N-ethyl adjacent to an activating group) is 1. The molecule has 3 rings (SSSR count). The Hall–Kier alpha value is -1.25. The number of piperazine rings is 1. The van der Waals surface area contributed by atoms with Gasteiger partial charge in [-0.3, -0.25) is 0 Å². The lowest BCUT2D eigenvalue weighted by molar-refractivity contribution is -1.03. The van der Waals surface area contributed by atoms with Crippen LogP contribution in [0.15, 0.2) is 46.7 Å². The van der Waals surface area contributed by atoms with Gasteiger partial charge in [0.05, 0.1) is 22.4 Å². The minimum absolute atomic E-state index is 0.142. The Bertz CT molecular complexity index is 811. The van der Waals surface area contributed by atoms with Crippen molar-refractivity contribution >= 4 is 21.4 Å². The second-order valence-corrected chi connectivity index (χ2v) is 10.2. The molecule has 0 unspecified atom stereocenters. The summed E-state index contributed by atoms with van der Waals surface area (Å²) in [4.78, 5) is 4.70. The van der Waals surface area contributed by atoms with E-state index in [-0.39, 0.29) is 12.1 Å². The molecular formula is C20H31N3O2S2+2. The minimum Gasteiger partial charge on any atom is -0.326 e. The highest BCUT2D eigenvalue weighted by molar-refractivity contribution is 7.89. The van der Waals surface area contributed by atoms with Gasteiger partial charge in [-0.15, -0.1) is 11.3 Å². The first kappa shape index (κ1) is 20.5. The van der Waals surface area contributed by atoms with Gasteiger partial charge in [-0.25, -0.2) is 13.1 Å². The van der Waals surface area contributed by atoms with Crippen LogP contribution in [0.2, 0.25) is 0 Å². The van der Waals surface area contributed by atoms with E-state index in [1.807, 2.05) is 26.0 Å². The molecule has 1 aliphatic heterocycles. The highest BCUT2D eigenvalue weighted by Gasteiger charge is 2.36. The lowest BCUT2D eigenvalue weighted by Gasteiger charge is -2.36. The molecule has 2 atom stereocenters. The zero-order chi connectivity index (χ0) is 19.4. The largest absolute Gasteiger partial charge is 0.326 e. The number of rotatable bonds is 7. The number of thiophene rings is 1. The van der Waals surface area contributed by atoms with Crippen molar-refractivity contribution in [3.8, 4) is 0 Å². The summed E-state index contributed by atoms with van der Waals surface area (Å²) in [6.45, 7) is 11.8. The van der Waals surface area contributed by atoms with E-state index < -0.39 is 10.0 Å². The minimum atomic E-state index is -3.53. The van der Waals surface area contributed by atoms with E-state index in [1.165, 1.54) is 9.78 Å². The van der Waals surface area contributed by atoms with Gasteiger partial charge in [-0.2, -0.15) is 0 Å². The van der Waals surface area contributed by atoms with E-state index in [0.29, 0.717) is 4.90 Å². The van der Waals surface area contributed by atoms with Crippen molar-refractivity contribution in [3.63, 3.8) is 0 Å². The van der Waals surface area contributed by atoms with Crippen LogP contribution in [0.3, 0.4) is 0 Å². The van der Waals surface area contributed by atoms with Crippen molar-refractivity contribution in [1.29, 1.82) is 0 Å². The van der Waals surface area contributed by atoms with Crippen molar-refractivity contribution in [3.05, 3.63) is 52.2 Å². The predicted octanol–water partition coefficient (Wildman–Crippen LogP) is 0.268. The number of hydrogen-bond acceptors (Lipinski definition) is 3. The van der Waals surface area contributed by atoms with Crippen LogP contribution in [0.1, 0.15) is 30.3 Å². The summed E-state index contributed by atoms with van der Waals surface area (Å²) in [5.74, 6) is 0. The molecule has 0 aliphatic carbocycles. The third kappa shape index (κ3) is 4.97.